The minimum absolute atomic E-state index is 0.143. The summed E-state index contributed by atoms with van der Waals surface area (Å²) in [6.07, 6.45) is 37.4. The SMILES string of the molecule is CC/C=C/C/C=C/C=C/C(O)CCCCCCCC(=O)O[C@H](COC(=O)CCCCCCCCCCCCCCCCC(C)CC)COP(=O)(O)O. The highest BCUT2D eigenvalue weighted by atomic mass is 31.2. The molecule has 2 unspecified atom stereocenters. The Morgan fingerprint density at radius 3 is 1.65 bits per heavy atom. The standard InChI is InChI=1S/C42H77O9P/c1-4-6-7-8-17-22-27-32-39(43)33-28-23-20-25-30-35-42(45)51-40(37-50-52(46,47)48)36-49-41(44)34-29-24-19-16-14-12-10-9-11-13-15-18-21-26-31-38(3)5-2/h6-7,17,22,27,32,38-40,43H,4-5,8-16,18-21,23-26,28-31,33-37H2,1-3H3,(H2,46,47,48)/b7-6+,22-17+,32-27+/t38?,39?,40-/m1/s1. The predicted octanol–water partition coefficient (Wildman–Crippen LogP) is 11.4. The normalized spacial score (nSPS) is 14.0. The average molecular weight is 757 g/mol. The molecule has 0 aromatic heterocycles. The van der Waals surface area contributed by atoms with Crippen LogP contribution in [-0.2, 0) is 28.2 Å². The van der Waals surface area contributed by atoms with Crippen molar-refractivity contribution in [1.82, 2.24) is 0 Å². The van der Waals surface area contributed by atoms with Crippen LogP contribution in [-0.4, -0.2) is 52.3 Å². The lowest BCUT2D eigenvalue weighted by molar-refractivity contribution is -0.161. The van der Waals surface area contributed by atoms with Gasteiger partial charge in [-0.3, -0.25) is 14.1 Å². The smallest absolute Gasteiger partial charge is 0.462 e. The molecule has 0 rings (SSSR count). The van der Waals surface area contributed by atoms with Crippen LogP contribution in [0.1, 0.15) is 188 Å². The molecule has 52 heavy (non-hydrogen) atoms. The molecular formula is C42H77O9P. The van der Waals surface area contributed by atoms with Gasteiger partial charge in [0.05, 0.1) is 12.7 Å². The fraction of sp³-hybridized carbons (Fsp3) is 0.810. The number of ether oxygens (including phenoxy) is 2. The molecule has 10 heteroatoms. The number of carbonyl (C=O) groups excluding carboxylic acids is 2. The van der Waals surface area contributed by atoms with E-state index in [-0.39, 0.29) is 19.4 Å². The maximum Gasteiger partial charge on any atom is 0.469 e. The number of phosphoric acid groups is 1. The van der Waals surface area contributed by atoms with E-state index in [1.807, 2.05) is 18.2 Å². The zero-order valence-electron chi connectivity index (χ0n) is 33.2. The van der Waals surface area contributed by atoms with Gasteiger partial charge in [-0.25, -0.2) is 4.57 Å². The van der Waals surface area contributed by atoms with Gasteiger partial charge in [-0.1, -0.05) is 179 Å². The molecule has 0 amide bonds. The fourth-order valence-corrected chi connectivity index (χ4v) is 6.19. The van der Waals surface area contributed by atoms with Crippen LogP contribution in [0.2, 0.25) is 0 Å². The minimum Gasteiger partial charge on any atom is -0.462 e. The molecule has 304 valence electrons. The van der Waals surface area contributed by atoms with E-state index >= 15 is 0 Å². The molecule has 0 aliphatic heterocycles. The van der Waals surface area contributed by atoms with E-state index in [9.17, 15) is 19.3 Å². The third kappa shape index (κ3) is 38.0. The van der Waals surface area contributed by atoms with Crippen LogP contribution in [0.4, 0.5) is 0 Å². The summed E-state index contributed by atoms with van der Waals surface area (Å²) in [4.78, 5) is 42.8. The number of phosphoric ester groups is 1. The Kier molecular flexibility index (Phi) is 35.0. The number of aliphatic hydroxyl groups excluding tert-OH is 1. The summed E-state index contributed by atoms with van der Waals surface area (Å²) in [5, 5.41) is 10.1. The summed E-state index contributed by atoms with van der Waals surface area (Å²) in [7, 11) is -4.78. The number of allylic oxidation sites excluding steroid dienone is 5. The van der Waals surface area contributed by atoms with E-state index in [1.54, 1.807) is 6.08 Å². The van der Waals surface area contributed by atoms with Crippen molar-refractivity contribution in [1.29, 1.82) is 0 Å². The van der Waals surface area contributed by atoms with Gasteiger partial charge in [0.1, 0.15) is 6.61 Å². The second kappa shape index (κ2) is 36.2. The van der Waals surface area contributed by atoms with Crippen molar-refractivity contribution in [2.75, 3.05) is 13.2 Å². The number of aliphatic hydroxyl groups is 1. The predicted molar refractivity (Wildman–Crippen MR) is 213 cm³/mol. The Balaban J connectivity index is 3.98. The fourth-order valence-electron chi connectivity index (χ4n) is 5.83. The lowest BCUT2D eigenvalue weighted by atomic mass is 9.99. The molecule has 0 aliphatic rings. The third-order valence-electron chi connectivity index (χ3n) is 9.32. The first-order valence-electron chi connectivity index (χ1n) is 20.8. The van der Waals surface area contributed by atoms with Crippen molar-refractivity contribution < 1.29 is 43.0 Å². The van der Waals surface area contributed by atoms with Crippen LogP contribution in [0, 0.1) is 5.92 Å². The second-order valence-electron chi connectivity index (χ2n) is 14.4. The molecule has 0 aromatic carbocycles. The van der Waals surface area contributed by atoms with Crippen molar-refractivity contribution in [3.05, 3.63) is 36.5 Å². The number of unbranched alkanes of at least 4 members (excludes halogenated alkanes) is 17. The van der Waals surface area contributed by atoms with Crippen LogP contribution >= 0.6 is 7.82 Å². The molecule has 3 atom stereocenters. The number of hydrogen-bond donors (Lipinski definition) is 3. The van der Waals surface area contributed by atoms with E-state index in [0.717, 1.165) is 57.3 Å². The third-order valence-corrected chi connectivity index (χ3v) is 9.80. The molecule has 0 radical (unpaired) electrons. The van der Waals surface area contributed by atoms with Gasteiger partial charge < -0.3 is 24.4 Å². The quantitative estimate of drug-likeness (QED) is 0.0186. The van der Waals surface area contributed by atoms with Crippen molar-refractivity contribution in [3.63, 3.8) is 0 Å². The van der Waals surface area contributed by atoms with Gasteiger partial charge in [-0.15, -0.1) is 0 Å². The molecule has 0 spiro atoms. The van der Waals surface area contributed by atoms with E-state index in [4.69, 9.17) is 19.3 Å². The van der Waals surface area contributed by atoms with Gasteiger partial charge in [0, 0.05) is 12.8 Å². The number of hydrogen-bond acceptors (Lipinski definition) is 7. The van der Waals surface area contributed by atoms with E-state index < -0.39 is 38.6 Å². The van der Waals surface area contributed by atoms with Gasteiger partial charge in [-0.2, -0.15) is 0 Å². The van der Waals surface area contributed by atoms with Crippen molar-refractivity contribution >= 4 is 19.8 Å². The monoisotopic (exact) mass is 757 g/mol. The summed E-state index contributed by atoms with van der Waals surface area (Å²) in [5.41, 5.74) is 0. The first-order chi connectivity index (χ1) is 25.1. The molecular weight excluding hydrogens is 679 g/mol. The minimum atomic E-state index is -4.78. The molecule has 0 heterocycles. The van der Waals surface area contributed by atoms with Gasteiger partial charge >= 0.3 is 19.8 Å². The number of rotatable bonds is 37. The Labute approximate surface area is 317 Å². The Morgan fingerprint density at radius 2 is 1.13 bits per heavy atom. The van der Waals surface area contributed by atoms with Gasteiger partial charge in [-0.05, 0) is 38.0 Å². The Morgan fingerprint density at radius 1 is 0.635 bits per heavy atom. The highest BCUT2D eigenvalue weighted by Crippen LogP contribution is 2.36. The van der Waals surface area contributed by atoms with Crippen LogP contribution < -0.4 is 0 Å². The highest BCUT2D eigenvalue weighted by Gasteiger charge is 2.23. The summed E-state index contributed by atoms with van der Waals surface area (Å²) < 4.78 is 26.3. The van der Waals surface area contributed by atoms with Crippen molar-refractivity contribution in [2.24, 2.45) is 5.92 Å². The van der Waals surface area contributed by atoms with Gasteiger partial charge in [0.2, 0.25) is 0 Å². The lowest BCUT2D eigenvalue weighted by Crippen LogP contribution is -2.29. The Bertz CT molecular complexity index is 975. The maximum absolute atomic E-state index is 12.4. The number of carbonyl (C=O) groups is 2. The molecule has 3 N–H and O–H groups in total. The summed E-state index contributed by atoms with van der Waals surface area (Å²) in [6.45, 7) is 5.85. The molecule has 0 aromatic rings. The van der Waals surface area contributed by atoms with E-state index in [2.05, 4.69) is 37.4 Å². The summed E-state index contributed by atoms with van der Waals surface area (Å²) in [5.74, 6) is -0.0796. The summed E-state index contributed by atoms with van der Waals surface area (Å²) in [6, 6.07) is 0. The van der Waals surface area contributed by atoms with Crippen LogP contribution in [0.5, 0.6) is 0 Å². The summed E-state index contributed by atoms with van der Waals surface area (Å²) >= 11 is 0. The molecule has 0 saturated heterocycles. The second-order valence-corrected chi connectivity index (χ2v) is 15.6. The molecule has 0 bridgehead atoms. The zero-order valence-corrected chi connectivity index (χ0v) is 34.1. The van der Waals surface area contributed by atoms with Crippen LogP contribution in [0.15, 0.2) is 36.5 Å². The molecule has 0 fully saturated rings. The molecule has 0 aliphatic carbocycles. The highest BCUT2D eigenvalue weighted by molar-refractivity contribution is 7.46. The number of esters is 2. The average Bonchev–Trinajstić information content (AvgIpc) is 3.11. The first kappa shape index (κ1) is 50.2. The van der Waals surface area contributed by atoms with E-state index in [0.29, 0.717) is 19.3 Å². The van der Waals surface area contributed by atoms with Crippen molar-refractivity contribution in [3.8, 4) is 0 Å². The molecule has 0 saturated carbocycles. The van der Waals surface area contributed by atoms with Crippen LogP contribution in [0.3, 0.4) is 0 Å². The van der Waals surface area contributed by atoms with Crippen LogP contribution in [0.25, 0.3) is 0 Å². The van der Waals surface area contributed by atoms with Gasteiger partial charge in [0.15, 0.2) is 6.10 Å². The van der Waals surface area contributed by atoms with E-state index in [1.165, 1.54) is 83.5 Å². The maximum atomic E-state index is 12.4. The van der Waals surface area contributed by atoms with Gasteiger partial charge in [0.25, 0.3) is 0 Å². The zero-order chi connectivity index (χ0) is 38.5. The Hall–Kier alpha value is -1.77. The first-order valence-corrected chi connectivity index (χ1v) is 22.3. The topological polar surface area (TPSA) is 140 Å². The van der Waals surface area contributed by atoms with Crippen molar-refractivity contribution in [2.45, 2.75) is 200 Å². The molecule has 9 nitrogen and oxygen atoms in total. The lowest BCUT2D eigenvalue weighted by Gasteiger charge is -2.18. The largest absolute Gasteiger partial charge is 0.469 e.